The van der Waals surface area contributed by atoms with Crippen molar-refractivity contribution in [1.82, 2.24) is 0 Å². The van der Waals surface area contributed by atoms with Gasteiger partial charge in [0.05, 0.1) is 12.2 Å². The first-order valence-corrected chi connectivity index (χ1v) is 5.88. The molecule has 4 heteroatoms. The number of β-amino-alcohol motifs (C(OH)–C–C–N with tert-alkyl or cyclic N) is 1. The van der Waals surface area contributed by atoms with Crippen LogP contribution in [0, 0.1) is 5.82 Å². The summed E-state index contributed by atoms with van der Waals surface area (Å²) in [4.78, 5) is 2.01. The summed E-state index contributed by atoms with van der Waals surface area (Å²) < 4.78 is 13.1. The molecule has 0 bridgehead atoms. The molecule has 1 aromatic rings. The zero-order valence-electron chi connectivity index (χ0n) is 9.99. The van der Waals surface area contributed by atoms with Crippen molar-refractivity contribution in [3.8, 4) is 0 Å². The van der Waals surface area contributed by atoms with Crippen molar-refractivity contribution in [1.29, 1.82) is 0 Å². The van der Waals surface area contributed by atoms with Crippen LogP contribution >= 0.6 is 0 Å². The van der Waals surface area contributed by atoms with Crippen molar-refractivity contribution in [2.24, 2.45) is 0 Å². The highest BCUT2D eigenvalue weighted by Crippen LogP contribution is 2.28. The van der Waals surface area contributed by atoms with E-state index in [4.69, 9.17) is 0 Å². The van der Waals surface area contributed by atoms with Gasteiger partial charge in [0, 0.05) is 24.3 Å². The van der Waals surface area contributed by atoms with Crippen molar-refractivity contribution in [2.45, 2.75) is 32.0 Å². The Morgan fingerprint density at radius 3 is 2.88 bits per heavy atom. The normalized spacial score (nSPS) is 25.1. The second-order valence-electron chi connectivity index (χ2n) is 4.95. The average molecular weight is 239 g/mol. The maximum Gasteiger partial charge on any atom is 0.123 e. The van der Waals surface area contributed by atoms with E-state index in [-0.39, 0.29) is 12.4 Å². The lowest BCUT2D eigenvalue weighted by atomic mass is 9.94. The van der Waals surface area contributed by atoms with E-state index in [1.54, 1.807) is 13.0 Å². The van der Waals surface area contributed by atoms with Gasteiger partial charge in [-0.1, -0.05) is 0 Å². The van der Waals surface area contributed by atoms with Crippen LogP contribution in [-0.2, 0) is 6.61 Å². The Hall–Kier alpha value is -1.13. The summed E-state index contributed by atoms with van der Waals surface area (Å²) in [5.41, 5.74) is 0.677. The lowest BCUT2D eigenvalue weighted by Gasteiger charge is -2.39. The van der Waals surface area contributed by atoms with E-state index in [0.717, 1.165) is 25.1 Å². The van der Waals surface area contributed by atoms with Crippen molar-refractivity contribution in [2.75, 3.05) is 18.0 Å². The molecule has 94 valence electrons. The fourth-order valence-electron chi connectivity index (χ4n) is 2.41. The van der Waals surface area contributed by atoms with Gasteiger partial charge in [0.1, 0.15) is 5.82 Å². The molecular formula is C13H18FNO2. The quantitative estimate of drug-likeness (QED) is 0.825. The molecule has 1 fully saturated rings. The summed E-state index contributed by atoms with van der Waals surface area (Å²) in [5, 5.41) is 19.3. The molecule has 1 aliphatic rings. The van der Waals surface area contributed by atoms with Gasteiger partial charge in [0.2, 0.25) is 0 Å². The Morgan fingerprint density at radius 2 is 2.24 bits per heavy atom. The minimum absolute atomic E-state index is 0.189. The predicted molar refractivity (Wildman–Crippen MR) is 64.4 cm³/mol. The topological polar surface area (TPSA) is 43.7 Å². The van der Waals surface area contributed by atoms with E-state index >= 15 is 0 Å². The monoisotopic (exact) mass is 239 g/mol. The second-order valence-corrected chi connectivity index (χ2v) is 4.95. The summed E-state index contributed by atoms with van der Waals surface area (Å²) in [5.74, 6) is -0.346. The van der Waals surface area contributed by atoms with Crippen LogP contribution in [0.25, 0.3) is 0 Å². The van der Waals surface area contributed by atoms with E-state index in [2.05, 4.69) is 0 Å². The third kappa shape index (κ3) is 2.76. The number of hydrogen-bond donors (Lipinski definition) is 2. The minimum Gasteiger partial charge on any atom is -0.392 e. The molecule has 2 N–H and O–H groups in total. The first kappa shape index (κ1) is 12.3. The van der Waals surface area contributed by atoms with Crippen LogP contribution in [-0.4, -0.2) is 28.9 Å². The van der Waals surface area contributed by atoms with Gasteiger partial charge < -0.3 is 15.1 Å². The van der Waals surface area contributed by atoms with Gasteiger partial charge in [0.25, 0.3) is 0 Å². The smallest absolute Gasteiger partial charge is 0.123 e. The Labute approximate surface area is 100 Å². The SMILES string of the molecule is CC1(O)CCCN(c2ccc(F)cc2CO)C1. The molecule has 0 aromatic heterocycles. The maximum absolute atomic E-state index is 13.1. The van der Waals surface area contributed by atoms with Gasteiger partial charge in [-0.3, -0.25) is 0 Å². The third-order valence-corrected chi connectivity index (χ3v) is 3.23. The summed E-state index contributed by atoms with van der Waals surface area (Å²) in [6.07, 6.45) is 1.67. The summed E-state index contributed by atoms with van der Waals surface area (Å²) in [7, 11) is 0. The van der Waals surface area contributed by atoms with Gasteiger partial charge in [-0.15, -0.1) is 0 Å². The van der Waals surface area contributed by atoms with Crippen molar-refractivity contribution in [3.63, 3.8) is 0 Å². The fourth-order valence-corrected chi connectivity index (χ4v) is 2.41. The van der Waals surface area contributed by atoms with E-state index in [1.807, 2.05) is 4.90 Å². The zero-order chi connectivity index (χ0) is 12.5. The molecule has 1 heterocycles. The summed E-state index contributed by atoms with van der Waals surface area (Å²) in [6.45, 7) is 2.97. The number of benzene rings is 1. The third-order valence-electron chi connectivity index (χ3n) is 3.23. The number of halogens is 1. The molecule has 3 nitrogen and oxygen atoms in total. The highest BCUT2D eigenvalue weighted by atomic mass is 19.1. The van der Waals surface area contributed by atoms with Crippen LogP contribution in [0.2, 0.25) is 0 Å². The molecule has 1 aliphatic heterocycles. The first-order valence-electron chi connectivity index (χ1n) is 5.88. The number of aliphatic hydroxyl groups is 2. The fraction of sp³-hybridized carbons (Fsp3) is 0.538. The highest BCUT2D eigenvalue weighted by molar-refractivity contribution is 5.54. The molecular weight excluding hydrogens is 221 g/mol. The van der Waals surface area contributed by atoms with Gasteiger partial charge >= 0.3 is 0 Å². The molecule has 0 aliphatic carbocycles. The number of anilines is 1. The van der Waals surface area contributed by atoms with E-state index in [1.165, 1.54) is 12.1 Å². The molecule has 1 aromatic carbocycles. The molecule has 1 unspecified atom stereocenters. The Kier molecular flexibility index (Phi) is 3.35. The van der Waals surface area contributed by atoms with E-state index in [9.17, 15) is 14.6 Å². The molecule has 0 amide bonds. The highest BCUT2D eigenvalue weighted by Gasteiger charge is 2.29. The number of hydrogen-bond acceptors (Lipinski definition) is 3. The van der Waals surface area contributed by atoms with Crippen molar-refractivity contribution in [3.05, 3.63) is 29.6 Å². The van der Waals surface area contributed by atoms with Crippen molar-refractivity contribution >= 4 is 5.69 Å². The summed E-state index contributed by atoms with van der Waals surface area (Å²) >= 11 is 0. The van der Waals surface area contributed by atoms with Crippen LogP contribution in [0.15, 0.2) is 18.2 Å². The largest absolute Gasteiger partial charge is 0.392 e. The molecule has 1 atom stereocenters. The Morgan fingerprint density at radius 1 is 1.47 bits per heavy atom. The molecule has 0 saturated carbocycles. The van der Waals surface area contributed by atoms with Crippen LogP contribution < -0.4 is 4.90 Å². The van der Waals surface area contributed by atoms with E-state index < -0.39 is 5.60 Å². The molecule has 2 rings (SSSR count). The maximum atomic E-state index is 13.1. The van der Waals surface area contributed by atoms with Crippen LogP contribution in [0.3, 0.4) is 0 Å². The number of piperidine rings is 1. The second kappa shape index (κ2) is 4.63. The lowest BCUT2D eigenvalue weighted by molar-refractivity contribution is 0.0448. The van der Waals surface area contributed by atoms with Crippen molar-refractivity contribution < 1.29 is 14.6 Å². The standard InChI is InChI=1S/C13H18FNO2/c1-13(17)5-2-6-15(9-13)12-4-3-11(14)7-10(12)8-16/h3-4,7,16-17H,2,5-6,8-9H2,1H3. The Bertz CT molecular complexity index is 406. The lowest BCUT2D eigenvalue weighted by Crippen LogP contribution is -2.46. The molecule has 0 spiro atoms. The molecule has 17 heavy (non-hydrogen) atoms. The van der Waals surface area contributed by atoms with Crippen LogP contribution in [0.5, 0.6) is 0 Å². The van der Waals surface area contributed by atoms with Gasteiger partial charge in [-0.05, 0) is 38.0 Å². The van der Waals surface area contributed by atoms with Crippen LogP contribution in [0.4, 0.5) is 10.1 Å². The predicted octanol–water partition coefficient (Wildman–Crippen LogP) is 1.67. The summed E-state index contributed by atoms with van der Waals surface area (Å²) in [6, 6.07) is 4.40. The zero-order valence-corrected chi connectivity index (χ0v) is 9.99. The number of rotatable bonds is 2. The molecule has 0 radical (unpaired) electrons. The first-order chi connectivity index (χ1) is 8.02. The number of aliphatic hydroxyl groups excluding tert-OH is 1. The average Bonchev–Trinajstić information content (AvgIpc) is 2.27. The van der Waals surface area contributed by atoms with E-state index in [0.29, 0.717) is 12.1 Å². The number of nitrogens with zero attached hydrogens (tertiary/aromatic N) is 1. The van der Waals surface area contributed by atoms with Gasteiger partial charge in [-0.25, -0.2) is 4.39 Å². The Balaban J connectivity index is 2.27. The van der Waals surface area contributed by atoms with Crippen LogP contribution in [0.1, 0.15) is 25.3 Å². The minimum atomic E-state index is -0.709. The van der Waals surface area contributed by atoms with Gasteiger partial charge in [0.15, 0.2) is 0 Å². The van der Waals surface area contributed by atoms with Gasteiger partial charge in [-0.2, -0.15) is 0 Å². The molecule has 1 saturated heterocycles.